The van der Waals surface area contributed by atoms with Crippen molar-refractivity contribution in [1.82, 2.24) is 4.90 Å². The fourth-order valence-corrected chi connectivity index (χ4v) is 1.86. The Labute approximate surface area is 125 Å². The van der Waals surface area contributed by atoms with E-state index in [9.17, 15) is 9.18 Å². The highest BCUT2D eigenvalue weighted by molar-refractivity contribution is 5.94. The number of hydrogen-bond acceptors (Lipinski definition) is 3. The molecule has 0 heterocycles. The van der Waals surface area contributed by atoms with Crippen molar-refractivity contribution in [3.05, 3.63) is 35.1 Å². The van der Waals surface area contributed by atoms with E-state index >= 15 is 0 Å². The van der Waals surface area contributed by atoms with Gasteiger partial charge in [-0.1, -0.05) is 11.8 Å². The van der Waals surface area contributed by atoms with Crippen molar-refractivity contribution >= 4 is 5.91 Å². The molecule has 4 nitrogen and oxygen atoms in total. The fourth-order valence-electron chi connectivity index (χ4n) is 1.86. The molecule has 21 heavy (non-hydrogen) atoms. The number of amides is 1. The Kier molecular flexibility index (Phi) is 6.86. The van der Waals surface area contributed by atoms with Crippen LogP contribution in [0.1, 0.15) is 29.8 Å². The van der Waals surface area contributed by atoms with Gasteiger partial charge in [0.25, 0.3) is 5.91 Å². The largest absolute Gasteiger partial charge is 0.383 e. The molecular weight excluding hydrogens is 271 g/mol. The minimum atomic E-state index is -0.577. The average Bonchev–Trinajstić information content (AvgIpc) is 2.45. The zero-order valence-electron chi connectivity index (χ0n) is 12.6. The Morgan fingerprint density at radius 1 is 1.48 bits per heavy atom. The molecule has 0 unspecified atom stereocenters. The lowest BCUT2D eigenvalue weighted by Crippen LogP contribution is -2.39. The molecule has 0 atom stereocenters. The van der Waals surface area contributed by atoms with Gasteiger partial charge >= 0.3 is 0 Å². The third-order valence-corrected chi connectivity index (χ3v) is 2.95. The summed E-state index contributed by atoms with van der Waals surface area (Å²) in [5, 5.41) is 0. The smallest absolute Gasteiger partial charge is 0.257 e. The molecule has 0 aromatic heterocycles. The highest BCUT2D eigenvalue weighted by Crippen LogP contribution is 2.14. The summed E-state index contributed by atoms with van der Waals surface area (Å²) in [4.78, 5) is 14.0. The molecule has 1 aromatic carbocycles. The van der Waals surface area contributed by atoms with Gasteiger partial charge in [0.2, 0.25) is 0 Å². The van der Waals surface area contributed by atoms with Crippen LogP contribution in [0.2, 0.25) is 0 Å². The maximum absolute atomic E-state index is 14.1. The van der Waals surface area contributed by atoms with Crippen LogP contribution in [0.15, 0.2) is 18.2 Å². The normalized spacial score (nSPS) is 10.2. The molecule has 0 spiro atoms. The predicted octanol–water partition coefficient (Wildman–Crippen LogP) is 1.63. The lowest BCUT2D eigenvalue weighted by molar-refractivity contribution is 0.0630. The molecule has 1 rings (SSSR count). The molecule has 0 radical (unpaired) electrons. The second kappa shape index (κ2) is 8.40. The minimum absolute atomic E-state index is 0.0382. The lowest BCUT2D eigenvalue weighted by Gasteiger charge is -2.26. The van der Waals surface area contributed by atoms with Crippen LogP contribution >= 0.6 is 0 Å². The van der Waals surface area contributed by atoms with E-state index in [2.05, 4.69) is 11.8 Å². The number of nitrogens with two attached hydrogens (primary N) is 1. The highest BCUT2D eigenvalue weighted by Gasteiger charge is 2.21. The number of carbonyl (C=O) groups excluding carboxylic acids is 1. The van der Waals surface area contributed by atoms with E-state index in [4.69, 9.17) is 10.5 Å². The van der Waals surface area contributed by atoms with Crippen molar-refractivity contribution in [3.8, 4) is 11.8 Å². The number of nitrogens with zero attached hydrogens (tertiary/aromatic N) is 1. The molecule has 5 heteroatoms. The van der Waals surface area contributed by atoms with Gasteiger partial charge in [-0.25, -0.2) is 4.39 Å². The van der Waals surface area contributed by atoms with Crippen LogP contribution in [0.3, 0.4) is 0 Å². The van der Waals surface area contributed by atoms with E-state index in [-0.39, 0.29) is 24.1 Å². The van der Waals surface area contributed by atoms with Crippen LogP contribution in [-0.4, -0.2) is 43.7 Å². The van der Waals surface area contributed by atoms with Crippen LogP contribution in [0.5, 0.6) is 0 Å². The summed E-state index contributed by atoms with van der Waals surface area (Å²) in [5.41, 5.74) is 5.81. The second-order valence-electron chi connectivity index (χ2n) is 4.79. The first kappa shape index (κ1) is 17.2. The summed E-state index contributed by atoms with van der Waals surface area (Å²) in [5.74, 6) is 4.46. The van der Waals surface area contributed by atoms with Gasteiger partial charge < -0.3 is 15.4 Å². The molecule has 114 valence electrons. The first-order valence-corrected chi connectivity index (χ1v) is 6.79. The quantitative estimate of drug-likeness (QED) is 0.839. The maximum Gasteiger partial charge on any atom is 0.257 e. The molecule has 0 aliphatic carbocycles. The Hall–Kier alpha value is -1.90. The summed E-state index contributed by atoms with van der Waals surface area (Å²) < 4.78 is 19.1. The molecule has 1 aromatic rings. The molecule has 0 fully saturated rings. The van der Waals surface area contributed by atoms with Gasteiger partial charge in [0.05, 0.1) is 18.7 Å². The third kappa shape index (κ3) is 4.85. The highest BCUT2D eigenvalue weighted by atomic mass is 19.1. The molecular formula is C16H21FN2O2. The zero-order valence-corrected chi connectivity index (χ0v) is 12.6. The number of hydrogen-bond donors (Lipinski definition) is 1. The first-order valence-electron chi connectivity index (χ1n) is 6.79. The Balaban J connectivity index is 3.00. The zero-order chi connectivity index (χ0) is 15.8. The summed E-state index contributed by atoms with van der Waals surface area (Å²) in [6.45, 7) is 4.80. The molecule has 0 saturated heterocycles. The van der Waals surface area contributed by atoms with Crippen LogP contribution in [0.25, 0.3) is 0 Å². The number of halogens is 1. The van der Waals surface area contributed by atoms with Crippen LogP contribution in [-0.2, 0) is 4.74 Å². The van der Waals surface area contributed by atoms with Crippen molar-refractivity contribution < 1.29 is 13.9 Å². The summed E-state index contributed by atoms with van der Waals surface area (Å²) >= 11 is 0. The number of benzene rings is 1. The van der Waals surface area contributed by atoms with Gasteiger partial charge in [0.1, 0.15) is 5.82 Å². The van der Waals surface area contributed by atoms with Crippen molar-refractivity contribution in [2.24, 2.45) is 5.73 Å². The topological polar surface area (TPSA) is 55.6 Å². The molecule has 0 aliphatic rings. The standard InChI is InChI=1S/C16H21FN2O2/c1-12(2)19(9-10-21-3)16(20)14-7-6-13(5-4-8-18)11-15(14)17/h6-7,11-12H,8-10,18H2,1-3H3. The van der Waals surface area contributed by atoms with Gasteiger partial charge in [0.15, 0.2) is 0 Å². The van der Waals surface area contributed by atoms with Gasteiger partial charge in [-0.05, 0) is 32.0 Å². The first-order chi connectivity index (χ1) is 10.0. The lowest BCUT2D eigenvalue weighted by atomic mass is 10.1. The molecule has 2 N–H and O–H groups in total. The third-order valence-electron chi connectivity index (χ3n) is 2.95. The molecule has 0 bridgehead atoms. The van der Waals surface area contributed by atoms with E-state index in [0.717, 1.165) is 0 Å². The van der Waals surface area contributed by atoms with Crippen LogP contribution < -0.4 is 5.73 Å². The van der Waals surface area contributed by atoms with E-state index in [1.54, 1.807) is 18.1 Å². The number of rotatable bonds is 5. The summed E-state index contributed by atoms with van der Waals surface area (Å²) in [6.07, 6.45) is 0. The van der Waals surface area contributed by atoms with E-state index in [1.165, 1.54) is 12.1 Å². The average molecular weight is 292 g/mol. The summed E-state index contributed by atoms with van der Waals surface area (Å²) in [6, 6.07) is 4.29. The fraction of sp³-hybridized carbons (Fsp3) is 0.438. The number of methoxy groups -OCH3 is 1. The monoisotopic (exact) mass is 292 g/mol. The van der Waals surface area contributed by atoms with E-state index in [1.807, 2.05) is 13.8 Å². The summed E-state index contributed by atoms with van der Waals surface area (Å²) in [7, 11) is 1.56. The van der Waals surface area contributed by atoms with E-state index in [0.29, 0.717) is 18.7 Å². The Morgan fingerprint density at radius 3 is 2.71 bits per heavy atom. The Bertz CT molecular complexity index is 547. The molecule has 0 aliphatic heterocycles. The molecule has 1 amide bonds. The number of ether oxygens (including phenoxy) is 1. The van der Waals surface area contributed by atoms with Gasteiger partial charge in [-0.2, -0.15) is 0 Å². The van der Waals surface area contributed by atoms with Crippen molar-refractivity contribution in [3.63, 3.8) is 0 Å². The van der Waals surface area contributed by atoms with Gasteiger partial charge in [-0.3, -0.25) is 4.79 Å². The molecule has 0 saturated carbocycles. The van der Waals surface area contributed by atoms with Crippen LogP contribution in [0, 0.1) is 17.7 Å². The Morgan fingerprint density at radius 2 is 2.19 bits per heavy atom. The van der Waals surface area contributed by atoms with Crippen molar-refractivity contribution in [2.75, 3.05) is 26.8 Å². The SMILES string of the molecule is COCCN(C(=O)c1ccc(C#CCN)cc1F)C(C)C. The van der Waals surface area contributed by atoms with Crippen LogP contribution in [0.4, 0.5) is 4.39 Å². The second-order valence-corrected chi connectivity index (χ2v) is 4.79. The van der Waals surface area contributed by atoms with Crippen molar-refractivity contribution in [2.45, 2.75) is 19.9 Å². The number of carbonyl (C=O) groups is 1. The van der Waals surface area contributed by atoms with Gasteiger partial charge in [-0.15, -0.1) is 0 Å². The van der Waals surface area contributed by atoms with Crippen molar-refractivity contribution in [1.29, 1.82) is 0 Å². The van der Waals surface area contributed by atoms with Gasteiger partial charge in [0, 0.05) is 25.3 Å². The van der Waals surface area contributed by atoms with E-state index < -0.39 is 5.82 Å². The predicted molar refractivity (Wildman–Crippen MR) is 80.4 cm³/mol. The minimum Gasteiger partial charge on any atom is -0.383 e. The maximum atomic E-state index is 14.1.